The molecule has 0 unspecified atom stereocenters. The zero-order valence-corrected chi connectivity index (χ0v) is 14.5. The third kappa shape index (κ3) is 4.70. The average Bonchev–Trinajstić information content (AvgIpc) is 2.61. The van der Waals surface area contributed by atoms with E-state index in [-0.39, 0.29) is 12.0 Å². The van der Waals surface area contributed by atoms with Crippen LogP contribution in [-0.4, -0.2) is 32.1 Å². The zero-order valence-electron chi connectivity index (χ0n) is 13.7. The summed E-state index contributed by atoms with van der Waals surface area (Å²) < 4.78 is 23.5. The van der Waals surface area contributed by atoms with Gasteiger partial charge in [-0.3, -0.25) is 4.79 Å². The Morgan fingerprint density at radius 2 is 1.92 bits per heavy atom. The molecule has 2 aromatic rings. The van der Waals surface area contributed by atoms with Crippen LogP contribution in [0.2, 0.25) is 5.02 Å². The monoisotopic (exact) mass is 365 g/mol. The Balaban J connectivity index is 2.19. The summed E-state index contributed by atoms with van der Waals surface area (Å²) in [5.74, 6) is -1.52. The number of amides is 1. The van der Waals surface area contributed by atoms with Crippen molar-refractivity contribution in [1.29, 1.82) is 0 Å². The minimum Gasteiger partial charge on any atom is -0.495 e. The van der Waals surface area contributed by atoms with E-state index >= 15 is 0 Å². The Kier molecular flexibility index (Phi) is 6.36. The van der Waals surface area contributed by atoms with Crippen LogP contribution in [0, 0.1) is 5.82 Å². The second-order valence-electron chi connectivity index (χ2n) is 5.20. The second-order valence-corrected chi connectivity index (χ2v) is 5.61. The molecular weight excluding hydrogens is 349 g/mol. The summed E-state index contributed by atoms with van der Waals surface area (Å²) in [6.07, 6.45) is 0.135. The first-order chi connectivity index (χ1) is 12.0. The highest BCUT2D eigenvalue weighted by molar-refractivity contribution is 6.32. The quantitative estimate of drug-likeness (QED) is 0.799. The first-order valence-electron chi connectivity index (χ1n) is 7.42. The van der Waals surface area contributed by atoms with E-state index in [1.165, 1.54) is 38.5 Å². The molecule has 1 amide bonds. The number of carbonyl (C=O) groups excluding carboxylic acids is 2. The second kappa shape index (κ2) is 8.48. The molecule has 25 heavy (non-hydrogen) atoms. The van der Waals surface area contributed by atoms with Crippen LogP contribution in [-0.2, 0) is 16.0 Å². The lowest BCUT2D eigenvalue weighted by Gasteiger charge is -2.17. The summed E-state index contributed by atoms with van der Waals surface area (Å²) in [5.41, 5.74) is 0.541. The predicted molar refractivity (Wildman–Crippen MR) is 91.4 cm³/mol. The highest BCUT2D eigenvalue weighted by Crippen LogP contribution is 2.25. The van der Waals surface area contributed by atoms with Crippen molar-refractivity contribution in [2.45, 2.75) is 12.5 Å². The van der Waals surface area contributed by atoms with E-state index in [0.29, 0.717) is 16.3 Å². The molecule has 0 radical (unpaired) electrons. The van der Waals surface area contributed by atoms with E-state index in [0.717, 1.165) is 0 Å². The zero-order chi connectivity index (χ0) is 18.4. The summed E-state index contributed by atoms with van der Waals surface area (Å²) in [4.78, 5) is 24.2. The molecule has 0 saturated heterocycles. The highest BCUT2D eigenvalue weighted by Gasteiger charge is 2.24. The molecule has 1 atom stereocenters. The van der Waals surface area contributed by atoms with Gasteiger partial charge in [-0.25, -0.2) is 9.18 Å². The standard InChI is InChI=1S/C18H17ClFNO4/c1-24-16-8-7-11(9-13(16)19)10-15(18(23)25-2)21-17(22)12-5-3-4-6-14(12)20/h3-9,15H,10H2,1-2H3,(H,21,22)/t15-/m0/s1. The number of hydrogen-bond acceptors (Lipinski definition) is 4. The summed E-state index contributed by atoms with van der Waals surface area (Å²) in [6, 6.07) is 9.54. The van der Waals surface area contributed by atoms with Crippen molar-refractivity contribution >= 4 is 23.5 Å². The number of carbonyl (C=O) groups is 2. The van der Waals surface area contributed by atoms with E-state index in [2.05, 4.69) is 5.32 Å². The van der Waals surface area contributed by atoms with Gasteiger partial charge < -0.3 is 14.8 Å². The SMILES string of the molecule is COC(=O)[C@H](Cc1ccc(OC)c(Cl)c1)NC(=O)c1ccccc1F. The maximum Gasteiger partial charge on any atom is 0.328 e. The molecule has 132 valence electrons. The van der Waals surface area contributed by atoms with Gasteiger partial charge in [0.1, 0.15) is 17.6 Å². The molecule has 5 nitrogen and oxygen atoms in total. The van der Waals surface area contributed by atoms with Crippen molar-refractivity contribution in [2.24, 2.45) is 0 Å². The van der Waals surface area contributed by atoms with E-state index < -0.39 is 23.7 Å². The molecule has 0 aliphatic rings. The summed E-state index contributed by atoms with van der Waals surface area (Å²) in [7, 11) is 2.71. The van der Waals surface area contributed by atoms with Gasteiger partial charge in [0.25, 0.3) is 5.91 Å². The lowest BCUT2D eigenvalue weighted by atomic mass is 10.0. The van der Waals surface area contributed by atoms with Crippen LogP contribution in [0.1, 0.15) is 15.9 Å². The molecule has 0 aliphatic carbocycles. The molecule has 0 bridgehead atoms. The fourth-order valence-electron chi connectivity index (χ4n) is 2.29. The molecule has 0 aromatic heterocycles. The summed E-state index contributed by atoms with van der Waals surface area (Å²) >= 11 is 6.07. The molecule has 0 aliphatic heterocycles. The number of hydrogen-bond donors (Lipinski definition) is 1. The number of ether oxygens (including phenoxy) is 2. The topological polar surface area (TPSA) is 64.6 Å². The molecule has 0 heterocycles. The smallest absolute Gasteiger partial charge is 0.328 e. The third-order valence-corrected chi connectivity index (χ3v) is 3.86. The number of benzene rings is 2. The van der Waals surface area contributed by atoms with Gasteiger partial charge >= 0.3 is 5.97 Å². The maximum atomic E-state index is 13.7. The van der Waals surface area contributed by atoms with Crippen LogP contribution in [0.25, 0.3) is 0 Å². The highest BCUT2D eigenvalue weighted by atomic mass is 35.5. The predicted octanol–water partition coefficient (Wildman–Crippen LogP) is 3.00. The first-order valence-corrected chi connectivity index (χ1v) is 7.79. The van der Waals surface area contributed by atoms with Gasteiger partial charge in [-0.1, -0.05) is 29.8 Å². The number of rotatable bonds is 6. The number of nitrogens with one attached hydrogen (secondary N) is 1. The molecule has 0 saturated carbocycles. The molecular formula is C18H17ClFNO4. The Hall–Kier alpha value is -2.60. The van der Waals surface area contributed by atoms with Crippen LogP contribution < -0.4 is 10.1 Å². The van der Waals surface area contributed by atoms with E-state index in [4.69, 9.17) is 21.1 Å². The Labute approximate surface area is 149 Å². The normalized spacial score (nSPS) is 11.5. The Bertz CT molecular complexity index is 781. The van der Waals surface area contributed by atoms with Gasteiger partial charge in [-0.05, 0) is 29.8 Å². The van der Waals surface area contributed by atoms with Crippen LogP contribution >= 0.6 is 11.6 Å². The van der Waals surface area contributed by atoms with Crippen LogP contribution in [0.3, 0.4) is 0 Å². The van der Waals surface area contributed by atoms with E-state index in [1.54, 1.807) is 18.2 Å². The number of halogens is 2. The number of methoxy groups -OCH3 is 2. The van der Waals surface area contributed by atoms with Gasteiger partial charge in [-0.15, -0.1) is 0 Å². The van der Waals surface area contributed by atoms with Crippen molar-refractivity contribution < 1.29 is 23.5 Å². The van der Waals surface area contributed by atoms with Crippen molar-refractivity contribution in [3.05, 3.63) is 64.4 Å². The summed E-state index contributed by atoms with van der Waals surface area (Å²) in [6.45, 7) is 0. The van der Waals surface area contributed by atoms with Gasteiger partial charge in [-0.2, -0.15) is 0 Å². The van der Waals surface area contributed by atoms with Crippen LogP contribution in [0.4, 0.5) is 4.39 Å². The Morgan fingerprint density at radius 3 is 2.52 bits per heavy atom. The largest absolute Gasteiger partial charge is 0.495 e. The third-order valence-electron chi connectivity index (χ3n) is 3.57. The van der Waals surface area contributed by atoms with Crippen molar-refractivity contribution in [2.75, 3.05) is 14.2 Å². The minimum absolute atomic E-state index is 0.135. The van der Waals surface area contributed by atoms with Crippen LogP contribution in [0.15, 0.2) is 42.5 Å². The number of esters is 1. The minimum atomic E-state index is -0.985. The van der Waals surface area contributed by atoms with Crippen LogP contribution in [0.5, 0.6) is 5.75 Å². The molecule has 1 N–H and O–H groups in total. The summed E-state index contributed by atoms with van der Waals surface area (Å²) in [5, 5.41) is 2.87. The lowest BCUT2D eigenvalue weighted by molar-refractivity contribution is -0.142. The fraction of sp³-hybridized carbons (Fsp3) is 0.222. The molecule has 0 spiro atoms. The van der Waals surface area contributed by atoms with Gasteiger partial charge in [0, 0.05) is 6.42 Å². The maximum absolute atomic E-state index is 13.7. The molecule has 2 rings (SSSR count). The van der Waals surface area contributed by atoms with Gasteiger partial charge in [0.2, 0.25) is 0 Å². The molecule has 2 aromatic carbocycles. The lowest BCUT2D eigenvalue weighted by Crippen LogP contribution is -2.43. The van der Waals surface area contributed by atoms with Gasteiger partial charge in [0.15, 0.2) is 0 Å². The molecule has 0 fully saturated rings. The molecule has 7 heteroatoms. The average molecular weight is 366 g/mol. The fourth-order valence-corrected chi connectivity index (χ4v) is 2.57. The van der Waals surface area contributed by atoms with Gasteiger partial charge in [0.05, 0.1) is 24.8 Å². The van der Waals surface area contributed by atoms with Crippen molar-refractivity contribution in [1.82, 2.24) is 5.32 Å². The van der Waals surface area contributed by atoms with E-state index in [9.17, 15) is 14.0 Å². The van der Waals surface area contributed by atoms with E-state index in [1.807, 2.05) is 0 Å². The first kappa shape index (κ1) is 18.7. The Morgan fingerprint density at radius 1 is 1.20 bits per heavy atom. The van der Waals surface area contributed by atoms with Crippen molar-refractivity contribution in [3.63, 3.8) is 0 Å². The van der Waals surface area contributed by atoms with Crippen molar-refractivity contribution in [3.8, 4) is 5.75 Å².